The van der Waals surface area contributed by atoms with E-state index in [1.165, 1.54) is 17.3 Å². The van der Waals surface area contributed by atoms with Crippen LogP contribution >= 0.6 is 11.8 Å². The van der Waals surface area contributed by atoms with Crippen molar-refractivity contribution in [3.05, 3.63) is 35.4 Å². The first-order valence-corrected chi connectivity index (χ1v) is 9.71. The Labute approximate surface area is 149 Å². The summed E-state index contributed by atoms with van der Waals surface area (Å²) in [6.45, 7) is 9.43. The van der Waals surface area contributed by atoms with Crippen molar-refractivity contribution >= 4 is 22.9 Å². The van der Waals surface area contributed by atoms with Crippen molar-refractivity contribution in [3.8, 4) is 0 Å². The van der Waals surface area contributed by atoms with Gasteiger partial charge in [0.1, 0.15) is 6.54 Å². The minimum atomic E-state index is -0.0875. The maximum absolute atomic E-state index is 12.3. The smallest absolute Gasteiger partial charge is 0.282 e. The number of carbonyl (C=O) groups is 2. The summed E-state index contributed by atoms with van der Waals surface area (Å²) >= 11 is 1.28. The number of nitrogens with one attached hydrogen (secondary N) is 1. The predicted molar refractivity (Wildman–Crippen MR) is 100 cm³/mol. The van der Waals surface area contributed by atoms with E-state index < -0.39 is 0 Å². The topological polar surface area (TPSA) is 49.4 Å². The standard InChI is InChI=1S/C19H28N2O2S/c1-5-14(4)15-6-8-16(9-7-15)18(13(2)3)20-17(22)12-21-10-11-24-19(21)23/h6-9,13-14,18H,5,10-12H2,1-4H3,(H,20,22). The molecule has 24 heavy (non-hydrogen) atoms. The zero-order valence-electron chi connectivity index (χ0n) is 15.0. The van der Waals surface area contributed by atoms with E-state index in [0.29, 0.717) is 12.5 Å². The Kier molecular flexibility index (Phi) is 6.72. The summed E-state index contributed by atoms with van der Waals surface area (Å²) < 4.78 is 0. The molecule has 1 fully saturated rings. The molecular formula is C19H28N2O2S. The van der Waals surface area contributed by atoms with E-state index in [1.54, 1.807) is 4.90 Å². The Balaban J connectivity index is 2.03. The molecule has 1 aliphatic heterocycles. The second-order valence-electron chi connectivity index (χ2n) is 6.80. The molecule has 1 aromatic rings. The zero-order chi connectivity index (χ0) is 17.7. The molecule has 0 radical (unpaired) electrons. The first-order valence-electron chi connectivity index (χ1n) is 8.73. The summed E-state index contributed by atoms with van der Waals surface area (Å²) in [5, 5.41) is 3.10. The highest BCUT2D eigenvalue weighted by Gasteiger charge is 2.25. The number of carbonyl (C=O) groups excluding carboxylic acids is 2. The lowest BCUT2D eigenvalue weighted by atomic mass is 9.92. The van der Waals surface area contributed by atoms with Crippen LogP contribution in [0.1, 0.15) is 57.2 Å². The molecule has 0 aliphatic carbocycles. The van der Waals surface area contributed by atoms with Crippen LogP contribution in [0.4, 0.5) is 4.79 Å². The second-order valence-corrected chi connectivity index (χ2v) is 7.85. The Morgan fingerprint density at radius 2 is 1.83 bits per heavy atom. The Morgan fingerprint density at radius 3 is 2.33 bits per heavy atom. The van der Waals surface area contributed by atoms with Gasteiger partial charge in [0.05, 0.1) is 6.04 Å². The fraction of sp³-hybridized carbons (Fsp3) is 0.579. The molecule has 1 heterocycles. The molecular weight excluding hydrogens is 320 g/mol. The van der Waals surface area contributed by atoms with Crippen molar-refractivity contribution in [3.63, 3.8) is 0 Å². The molecule has 0 saturated carbocycles. The van der Waals surface area contributed by atoms with Crippen LogP contribution in [0.2, 0.25) is 0 Å². The Bertz CT molecular complexity index is 571. The van der Waals surface area contributed by atoms with E-state index in [1.807, 2.05) is 0 Å². The lowest BCUT2D eigenvalue weighted by molar-refractivity contribution is -0.122. The van der Waals surface area contributed by atoms with Gasteiger partial charge in [-0.25, -0.2) is 0 Å². The van der Waals surface area contributed by atoms with Crippen molar-refractivity contribution < 1.29 is 9.59 Å². The van der Waals surface area contributed by atoms with Crippen LogP contribution in [0.15, 0.2) is 24.3 Å². The fourth-order valence-corrected chi connectivity index (χ4v) is 3.69. The summed E-state index contributed by atoms with van der Waals surface area (Å²) in [6, 6.07) is 8.51. The number of rotatable bonds is 7. The molecule has 4 nitrogen and oxygen atoms in total. The second kappa shape index (κ2) is 8.56. The van der Waals surface area contributed by atoms with E-state index in [-0.39, 0.29) is 29.7 Å². The lowest BCUT2D eigenvalue weighted by Gasteiger charge is -2.25. The van der Waals surface area contributed by atoms with Gasteiger partial charge in [-0.1, -0.05) is 63.7 Å². The average molecular weight is 349 g/mol. The molecule has 0 aromatic heterocycles. The van der Waals surface area contributed by atoms with E-state index in [9.17, 15) is 9.59 Å². The number of thioether (sulfide) groups is 1. The van der Waals surface area contributed by atoms with Gasteiger partial charge in [-0.3, -0.25) is 9.59 Å². The molecule has 1 aliphatic rings. The third-order valence-electron chi connectivity index (χ3n) is 4.64. The quantitative estimate of drug-likeness (QED) is 0.804. The summed E-state index contributed by atoms with van der Waals surface area (Å²) in [4.78, 5) is 25.6. The number of nitrogens with zero attached hydrogens (tertiary/aromatic N) is 1. The maximum Gasteiger partial charge on any atom is 0.282 e. The normalized spacial score (nSPS) is 17.2. The zero-order valence-corrected chi connectivity index (χ0v) is 15.9. The first-order chi connectivity index (χ1) is 11.4. The van der Waals surface area contributed by atoms with E-state index in [2.05, 4.69) is 57.3 Å². The van der Waals surface area contributed by atoms with Crippen molar-refractivity contribution in [2.24, 2.45) is 5.92 Å². The summed E-state index contributed by atoms with van der Waals surface area (Å²) in [5.41, 5.74) is 2.45. The van der Waals surface area contributed by atoms with E-state index in [4.69, 9.17) is 0 Å². The van der Waals surface area contributed by atoms with Crippen molar-refractivity contribution in [2.75, 3.05) is 18.8 Å². The van der Waals surface area contributed by atoms with Gasteiger partial charge in [-0.2, -0.15) is 0 Å². The molecule has 1 N–H and O–H groups in total. The SMILES string of the molecule is CCC(C)c1ccc(C(NC(=O)CN2CCSC2=O)C(C)C)cc1. The van der Waals surface area contributed by atoms with Crippen LogP contribution in [-0.4, -0.2) is 34.9 Å². The molecule has 1 aromatic carbocycles. The molecule has 2 amide bonds. The minimum absolute atomic E-state index is 0.00385. The third kappa shape index (κ3) is 4.76. The van der Waals surface area contributed by atoms with Crippen molar-refractivity contribution in [1.82, 2.24) is 10.2 Å². The molecule has 2 rings (SSSR count). The first kappa shape index (κ1) is 18.8. The summed E-state index contributed by atoms with van der Waals surface area (Å²) in [5.74, 6) is 1.52. The summed E-state index contributed by atoms with van der Waals surface area (Å²) in [6.07, 6.45) is 1.12. The minimum Gasteiger partial charge on any atom is -0.347 e. The summed E-state index contributed by atoms with van der Waals surface area (Å²) in [7, 11) is 0. The molecule has 5 heteroatoms. The van der Waals surface area contributed by atoms with Gasteiger partial charge in [0.25, 0.3) is 5.24 Å². The number of hydrogen-bond donors (Lipinski definition) is 1. The largest absolute Gasteiger partial charge is 0.347 e. The lowest BCUT2D eigenvalue weighted by Crippen LogP contribution is -2.40. The van der Waals surface area contributed by atoms with Crippen LogP contribution in [0, 0.1) is 5.92 Å². The number of hydrogen-bond acceptors (Lipinski definition) is 3. The highest BCUT2D eigenvalue weighted by molar-refractivity contribution is 8.13. The highest BCUT2D eigenvalue weighted by atomic mass is 32.2. The molecule has 0 bridgehead atoms. The van der Waals surface area contributed by atoms with E-state index >= 15 is 0 Å². The number of benzene rings is 1. The van der Waals surface area contributed by atoms with Gasteiger partial charge in [0.2, 0.25) is 5.91 Å². The fourth-order valence-electron chi connectivity index (χ4n) is 2.86. The number of amides is 2. The monoisotopic (exact) mass is 348 g/mol. The average Bonchev–Trinajstić information content (AvgIpc) is 2.96. The van der Waals surface area contributed by atoms with Gasteiger partial charge in [0, 0.05) is 12.3 Å². The van der Waals surface area contributed by atoms with Gasteiger partial charge in [-0.05, 0) is 29.4 Å². The van der Waals surface area contributed by atoms with E-state index in [0.717, 1.165) is 17.7 Å². The Hall–Kier alpha value is -1.49. The Morgan fingerprint density at radius 1 is 1.21 bits per heavy atom. The third-order valence-corrected chi connectivity index (χ3v) is 5.53. The van der Waals surface area contributed by atoms with Crippen LogP contribution in [0.25, 0.3) is 0 Å². The van der Waals surface area contributed by atoms with Crippen LogP contribution in [0.5, 0.6) is 0 Å². The van der Waals surface area contributed by atoms with Crippen LogP contribution < -0.4 is 5.32 Å². The molecule has 2 unspecified atom stereocenters. The predicted octanol–water partition coefficient (Wildman–Crippen LogP) is 4.18. The molecule has 1 saturated heterocycles. The van der Waals surface area contributed by atoms with Crippen molar-refractivity contribution in [1.29, 1.82) is 0 Å². The molecule has 0 spiro atoms. The van der Waals surface area contributed by atoms with Crippen LogP contribution in [-0.2, 0) is 4.79 Å². The molecule has 2 atom stereocenters. The van der Waals surface area contributed by atoms with Gasteiger partial charge in [0.15, 0.2) is 0 Å². The van der Waals surface area contributed by atoms with Crippen molar-refractivity contribution in [2.45, 2.75) is 46.1 Å². The highest BCUT2D eigenvalue weighted by Crippen LogP contribution is 2.25. The van der Waals surface area contributed by atoms with Gasteiger partial charge >= 0.3 is 0 Å². The van der Waals surface area contributed by atoms with Crippen LogP contribution in [0.3, 0.4) is 0 Å². The van der Waals surface area contributed by atoms with Gasteiger partial charge in [-0.15, -0.1) is 0 Å². The van der Waals surface area contributed by atoms with Gasteiger partial charge < -0.3 is 10.2 Å². The molecule has 132 valence electrons. The maximum atomic E-state index is 12.3.